The fourth-order valence-electron chi connectivity index (χ4n) is 1.25. The maximum atomic E-state index is 11.4. The Morgan fingerprint density at radius 1 is 1.27 bits per heavy atom. The number of hydrogen-bond acceptors (Lipinski definition) is 4. The van der Waals surface area contributed by atoms with E-state index >= 15 is 0 Å². The van der Waals surface area contributed by atoms with Crippen LogP contribution in [-0.4, -0.2) is 20.2 Å². The zero-order valence-electron chi connectivity index (χ0n) is 8.67. The van der Waals surface area contributed by atoms with Crippen molar-refractivity contribution in [2.24, 2.45) is 0 Å². The standard InChI is InChI=1S/C10H11BrO4/c1-6-8(10(12)15-11)4-7(13-2)5-9(6)14-3/h4-5H,1-3H3. The molecule has 0 saturated heterocycles. The lowest BCUT2D eigenvalue weighted by Crippen LogP contribution is -2.03. The second-order valence-electron chi connectivity index (χ2n) is 2.87. The van der Waals surface area contributed by atoms with Crippen molar-refractivity contribution in [3.8, 4) is 11.5 Å². The normalized spacial score (nSPS) is 9.60. The van der Waals surface area contributed by atoms with Gasteiger partial charge >= 0.3 is 5.97 Å². The van der Waals surface area contributed by atoms with Gasteiger partial charge in [-0.25, -0.2) is 4.79 Å². The number of carbonyl (C=O) groups is 1. The molecule has 0 aromatic heterocycles. The van der Waals surface area contributed by atoms with Crippen molar-refractivity contribution in [2.75, 3.05) is 14.2 Å². The summed E-state index contributed by atoms with van der Waals surface area (Å²) in [5.41, 5.74) is 1.12. The van der Waals surface area contributed by atoms with E-state index in [4.69, 9.17) is 9.47 Å². The molecule has 0 aliphatic rings. The summed E-state index contributed by atoms with van der Waals surface area (Å²) in [6.45, 7) is 1.78. The molecule has 0 N–H and O–H groups in total. The molecule has 1 aromatic carbocycles. The van der Waals surface area contributed by atoms with Crippen molar-refractivity contribution in [1.29, 1.82) is 0 Å². The molecule has 0 atom stereocenters. The van der Waals surface area contributed by atoms with Crippen LogP contribution in [0.1, 0.15) is 15.9 Å². The van der Waals surface area contributed by atoms with Crippen LogP contribution in [0.2, 0.25) is 0 Å². The molecule has 1 rings (SSSR count). The summed E-state index contributed by atoms with van der Waals surface area (Å²) in [7, 11) is 3.05. The second-order valence-corrected chi connectivity index (χ2v) is 3.19. The fourth-order valence-corrected chi connectivity index (χ4v) is 1.42. The molecule has 0 saturated carbocycles. The lowest BCUT2D eigenvalue weighted by Gasteiger charge is -2.10. The lowest BCUT2D eigenvalue weighted by molar-refractivity contribution is 0.0780. The average molecular weight is 275 g/mol. The van der Waals surface area contributed by atoms with E-state index in [0.29, 0.717) is 22.6 Å². The zero-order valence-corrected chi connectivity index (χ0v) is 10.3. The van der Waals surface area contributed by atoms with Crippen LogP contribution in [0.5, 0.6) is 11.5 Å². The van der Waals surface area contributed by atoms with Gasteiger partial charge in [-0.3, -0.25) is 0 Å². The van der Waals surface area contributed by atoms with Gasteiger partial charge in [-0.1, -0.05) is 0 Å². The average Bonchev–Trinajstić information content (AvgIpc) is 2.28. The van der Waals surface area contributed by atoms with Crippen LogP contribution in [0.4, 0.5) is 0 Å². The minimum Gasteiger partial charge on any atom is -0.497 e. The highest BCUT2D eigenvalue weighted by Gasteiger charge is 2.15. The van der Waals surface area contributed by atoms with Gasteiger partial charge in [-0.05, 0) is 13.0 Å². The van der Waals surface area contributed by atoms with Crippen LogP contribution < -0.4 is 9.47 Å². The fraction of sp³-hybridized carbons (Fsp3) is 0.300. The summed E-state index contributed by atoms with van der Waals surface area (Å²) < 4.78 is 14.6. The van der Waals surface area contributed by atoms with Crippen LogP contribution in [0, 0.1) is 6.92 Å². The Morgan fingerprint density at radius 3 is 2.40 bits per heavy atom. The molecule has 82 valence electrons. The molecule has 5 heteroatoms. The molecule has 4 nitrogen and oxygen atoms in total. The lowest BCUT2D eigenvalue weighted by atomic mass is 10.1. The molecule has 0 spiro atoms. The number of benzene rings is 1. The molecule has 0 bridgehead atoms. The highest BCUT2D eigenvalue weighted by atomic mass is 79.9. The third kappa shape index (κ3) is 2.41. The van der Waals surface area contributed by atoms with Gasteiger partial charge < -0.3 is 13.3 Å². The van der Waals surface area contributed by atoms with E-state index in [1.165, 1.54) is 14.2 Å². The second kappa shape index (κ2) is 5.02. The van der Waals surface area contributed by atoms with Crippen molar-refractivity contribution in [2.45, 2.75) is 6.92 Å². The van der Waals surface area contributed by atoms with Gasteiger partial charge in [0.25, 0.3) is 0 Å². The van der Waals surface area contributed by atoms with Gasteiger partial charge in [0, 0.05) is 11.6 Å². The molecule has 15 heavy (non-hydrogen) atoms. The topological polar surface area (TPSA) is 44.8 Å². The van der Waals surface area contributed by atoms with Crippen LogP contribution in [0.3, 0.4) is 0 Å². The third-order valence-electron chi connectivity index (χ3n) is 2.08. The van der Waals surface area contributed by atoms with E-state index < -0.39 is 5.97 Å². The summed E-state index contributed by atoms with van der Waals surface area (Å²) in [5.74, 6) is 0.650. The van der Waals surface area contributed by atoms with Gasteiger partial charge in [-0.15, -0.1) is 0 Å². The molecule has 0 aliphatic carbocycles. The predicted molar refractivity (Wildman–Crippen MR) is 58.6 cm³/mol. The highest BCUT2D eigenvalue weighted by molar-refractivity contribution is 9.06. The van der Waals surface area contributed by atoms with E-state index in [9.17, 15) is 4.79 Å². The van der Waals surface area contributed by atoms with Crippen molar-refractivity contribution < 1.29 is 18.1 Å². The smallest absolute Gasteiger partial charge is 0.350 e. The molecule has 0 amide bonds. The Morgan fingerprint density at radius 2 is 1.93 bits per heavy atom. The first-order valence-corrected chi connectivity index (χ1v) is 4.84. The Bertz CT molecular complexity index is 376. The van der Waals surface area contributed by atoms with Crippen molar-refractivity contribution in [3.05, 3.63) is 23.3 Å². The van der Waals surface area contributed by atoms with Crippen molar-refractivity contribution >= 4 is 22.2 Å². The summed E-state index contributed by atoms with van der Waals surface area (Å²) in [4.78, 5) is 11.4. The molecular weight excluding hydrogens is 264 g/mol. The van der Waals surface area contributed by atoms with Gasteiger partial charge in [0.2, 0.25) is 0 Å². The van der Waals surface area contributed by atoms with Crippen LogP contribution >= 0.6 is 16.3 Å². The van der Waals surface area contributed by atoms with E-state index in [2.05, 4.69) is 20.1 Å². The molecular formula is C10H11BrO4. The van der Waals surface area contributed by atoms with E-state index in [0.717, 1.165) is 0 Å². The first kappa shape index (κ1) is 11.8. The number of ether oxygens (including phenoxy) is 2. The molecule has 0 fully saturated rings. The molecule has 0 aliphatic heterocycles. The molecule has 1 aromatic rings. The number of carbonyl (C=O) groups excluding carboxylic acids is 1. The van der Waals surface area contributed by atoms with E-state index in [1.54, 1.807) is 19.1 Å². The van der Waals surface area contributed by atoms with Gasteiger partial charge in [0.15, 0.2) is 16.3 Å². The number of rotatable bonds is 3. The van der Waals surface area contributed by atoms with Crippen molar-refractivity contribution in [1.82, 2.24) is 0 Å². The van der Waals surface area contributed by atoms with Gasteiger partial charge in [-0.2, -0.15) is 0 Å². The third-order valence-corrected chi connectivity index (χ3v) is 2.37. The Labute approximate surface area is 96.6 Å². The molecule has 0 radical (unpaired) electrons. The minimum absolute atomic E-state index is 0.406. The van der Waals surface area contributed by atoms with E-state index in [-0.39, 0.29) is 0 Å². The maximum absolute atomic E-state index is 11.4. The summed E-state index contributed by atoms with van der Waals surface area (Å²) in [5, 5.41) is 0. The van der Waals surface area contributed by atoms with Crippen LogP contribution in [-0.2, 0) is 3.83 Å². The number of hydrogen-bond donors (Lipinski definition) is 0. The van der Waals surface area contributed by atoms with E-state index in [1.807, 2.05) is 0 Å². The summed E-state index contributed by atoms with van der Waals surface area (Å²) in [6.07, 6.45) is 0. The van der Waals surface area contributed by atoms with Gasteiger partial charge in [0.1, 0.15) is 11.5 Å². The summed E-state index contributed by atoms with van der Waals surface area (Å²) in [6, 6.07) is 3.31. The minimum atomic E-state index is -0.482. The van der Waals surface area contributed by atoms with Gasteiger partial charge in [0.05, 0.1) is 19.8 Å². The Balaban J connectivity index is 3.30. The molecule has 0 heterocycles. The van der Waals surface area contributed by atoms with Crippen molar-refractivity contribution in [3.63, 3.8) is 0 Å². The molecule has 0 unspecified atom stereocenters. The van der Waals surface area contributed by atoms with Crippen LogP contribution in [0.25, 0.3) is 0 Å². The zero-order chi connectivity index (χ0) is 11.4. The quantitative estimate of drug-likeness (QED) is 0.850. The highest BCUT2D eigenvalue weighted by Crippen LogP contribution is 2.28. The number of halogens is 1. The van der Waals surface area contributed by atoms with Crippen LogP contribution in [0.15, 0.2) is 12.1 Å². The SMILES string of the molecule is COc1cc(OC)c(C)c(C(=O)OBr)c1. The first-order valence-electron chi connectivity index (χ1n) is 4.19. The Kier molecular flexibility index (Phi) is 3.96. The maximum Gasteiger partial charge on any atom is 0.350 e. The predicted octanol–water partition coefficient (Wildman–Crippen LogP) is 2.48. The first-order chi connectivity index (χ1) is 7.13. The number of methoxy groups -OCH3 is 2. The summed E-state index contributed by atoms with van der Waals surface area (Å²) >= 11 is 2.65. The monoisotopic (exact) mass is 274 g/mol. The largest absolute Gasteiger partial charge is 0.497 e. The Hall–Kier alpha value is -1.23.